The fourth-order valence-electron chi connectivity index (χ4n) is 1.81. The molecule has 1 aromatic heterocycles. The second kappa shape index (κ2) is 4.38. The van der Waals surface area contributed by atoms with Crippen LogP contribution in [-0.4, -0.2) is 11.3 Å². The molecule has 3 rings (SSSR count). The largest absolute Gasteiger partial charge is 0.436 e. The van der Waals surface area contributed by atoms with Gasteiger partial charge in [0.05, 0.1) is 0 Å². The van der Waals surface area contributed by atoms with E-state index in [1.165, 1.54) is 0 Å². The van der Waals surface area contributed by atoms with Crippen LogP contribution in [0.5, 0.6) is 0 Å². The summed E-state index contributed by atoms with van der Waals surface area (Å²) in [4.78, 5) is 15.4. The number of hydrogen-bond acceptors (Lipinski definition) is 3. The molecule has 0 saturated heterocycles. The summed E-state index contributed by atoms with van der Waals surface area (Å²) in [6.45, 7) is 0. The van der Waals surface area contributed by atoms with Crippen LogP contribution in [0, 0.1) is 0 Å². The molecular weight excluding hydrogens is 294 g/mol. The third-order valence-corrected chi connectivity index (χ3v) is 3.09. The number of benzene rings is 2. The van der Waals surface area contributed by atoms with Crippen LogP contribution in [0.2, 0.25) is 0 Å². The molecule has 0 unspecified atom stereocenters. The van der Waals surface area contributed by atoms with Crippen molar-refractivity contribution in [2.45, 2.75) is 0 Å². The Bertz CT molecular complexity index is 719. The van der Waals surface area contributed by atoms with Gasteiger partial charge in [0, 0.05) is 15.6 Å². The summed E-state index contributed by atoms with van der Waals surface area (Å²) >= 11 is 3.34. The van der Waals surface area contributed by atoms with Crippen LogP contribution in [0.1, 0.15) is 10.4 Å². The number of aromatic nitrogens is 1. The average Bonchev–Trinajstić information content (AvgIpc) is 2.82. The van der Waals surface area contributed by atoms with Crippen molar-refractivity contribution in [3.8, 4) is 11.5 Å². The molecule has 1 heterocycles. The molecule has 0 fully saturated rings. The molecule has 0 amide bonds. The molecular formula is C14H8BrNO2. The second-order valence-electron chi connectivity index (χ2n) is 3.84. The normalized spacial score (nSPS) is 10.7. The first-order valence-corrected chi connectivity index (χ1v) is 6.18. The van der Waals surface area contributed by atoms with Crippen LogP contribution in [-0.2, 0) is 0 Å². The lowest BCUT2D eigenvalue weighted by Crippen LogP contribution is -1.83. The lowest BCUT2D eigenvalue weighted by atomic mass is 10.2. The fourth-order valence-corrected chi connectivity index (χ4v) is 2.27. The topological polar surface area (TPSA) is 43.1 Å². The monoisotopic (exact) mass is 301 g/mol. The number of carbonyl (C=O) groups excluding carboxylic acids is 1. The maximum absolute atomic E-state index is 11.0. The Morgan fingerprint density at radius 3 is 2.67 bits per heavy atom. The summed E-state index contributed by atoms with van der Waals surface area (Å²) in [6, 6.07) is 13.1. The SMILES string of the molecule is O=Cc1cc(Br)cc2oc(-c3ccccc3)nc12. The number of oxazole rings is 1. The fraction of sp³-hybridized carbons (Fsp3) is 0. The van der Waals surface area contributed by atoms with Crippen molar-refractivity contribution in [2.75, 3.05) is 0 Å². The standard InChI is InChI=1S/C14H8BrNO2/c15-11-6-10(8-17)13-12(7-11)18-14(16-13)9-4-2-1-3-5-9/h1-8H. The van der Waals surface area contributed by atoms with E-state index in [2.05, 4.69) is 20.9 Å². The zero-order valence-electron chi connectivity index (χ0n) is 9.26. The van der Waals surface area contributed by atoms with Crippen molar-refractivity contribution in [2.24, 2.45) is 0 Å². The van der Waals surface area contributed by atoms with Crippen molar-refractivity contribution >= 4 is 33.3 Å². The Balaban J connectivity index is 2.26. The lowest BCUT2D eigenvalue weighted by molar-refractivity contribution is 0.112. The highest BCUT2D eigenvalue weighted by atomic mass is 79.9. The molecule has 0 saturated carbocycles. The van der Waals surface area contributed by atoms with Gasteiger partial charge in [0.25, 0.3) is 0 Å². The third kappa shape index (κ3) is 1.84. The lowest BCUT2D eigenvalue weighted by Gasteiger charge is -1.92. The van der Waals surface area contributed by atoms with Crippen LogP contribution in [0.3, 0.4) is 0 Å². The number of rotatable bonds is 2. The summed E-state index contributed by atoms with van der Waals surface area (Å²) in [5, 5.41) is 0. The summed E-state index contributed by atoms with van der Waals surface area (Å²) in [5.74, 6) is 0.520. The number of carbonyl (C=O) groups is 1. The summed E-state index contributed by atoms with van der Waals surface area (Å²) < 4.78 is 6.48. The minimum absolute atomic E-state index is 0.519. The Kier molecular flexibility index (Phi) is 2.72. The van der Waals surface area contributed by atoms with Gasteiger partial charge >= 0.3 is 0 Å². The molecule has 4 heteroatoms. The highest BCUT2D eigenvalue weighted by Gasteiger charge is 2.12. The van der Waals surface area contributed by atoms with Gasteiger partial charge < -0.3 is 4.42 Å². The van der Waals surface area contributed by atoms with Gasteiger partial charge in [-0.05, 0) is 24.3 Å². The molecule has 0 aliphatic rings. The van der Waals surface area contributed by atoms with Gasteiger partial charge in [0.2, 0.25) is 5.89 Å². The van der Waals surface area contributed by atoms with E-state index in [9.17, 15) is 4.79 Å². The minimum atomic E-state index is 0.519. The van der Waals surface area contributed by atoms with Crippen LogP contribution >= 0.6 is 15.9 Å². The summed E-state index contributed by atoms with van der Waals surface area (Å²) in [5.41, 5.74) is 2.60. The van der Waals surface area contributed by atoms with E-state index in [-0.39, 0.29) is 0 Å². The maximum Gasteiger partial charge on any atom is 0.227 e. The number of fused-ring (bicyclic) bond motifs is 1. The molecule has 0 spiro atoms. The van der Waals surface area contributed by atoms with E-state index in [0.29, 0.717) is 22.6 Å². The molecule has 0 bridgehead atoms. The van der Waals surface area contributed by atoms with Crippen molar-refractivity contribution in [1.29, 1.82) is 0 Å². The first kappa shape index (κ1) is 11.2. The molecule has 0 N–H and O–H groups in total. The molecule has 0 radical (unpaired) electrons. The van der Waals surface area contributed by atoms with Gasteiger partial charge in [-0.25, -0.2) is 4.98 Å². The van der Waals surface area contributed by atoms with Gasteiger partial charge in [-0.3, -0.25) is 4.79 Å². The van der Waals surface area contributed by atoms with Crippen molar-refractivity contribution < 1.29 is 9.21 Å². The van der Waals surface area contributed by atoms with E-state index in [0.717, 1.165) is 16.3 Å². The average molecular weight is 302 g/mol. The van der Waals surface area contributed by atoms with Crippen LogP contribution in [0.15, 0.2) is 51.4 Å². The summed E-state index contributed by atoms with van der Waals surface area (Å²) in [6.07, 6.45) is 0.782. The van der Waals surface area contributed by atoms with Crippen LogP contribution < -0.4 is 0 Å². The van der Waals surface area contributed by atoms with Crippen molar-refractivity contribution in [1.82, 2.24) is 4.98 Å². The van der Waals surface area contributed by atoms with Gasteiger partial charge in [-0.2, -0.15) is 0 Å². The van der Waals surface area contributed by atoms with Gasteiger partial charge in [0.15, 0.2) is 11.9 Å². The van der Waals surface area contributed by atoms with E-state index < -0.39 is 0 Å². The molecule has 3 nitrogen and oxygen atoms in total. The Hall–Kier alpha value is -1.94. The van der Waals surface area contributed by atoms with Gasteiger partial charge in [-0.1, -0.05) is 34.1 Å². The van der Waals surface area contributed by atoms with E-state index in [1.807, 2.05) is 36.4 Å². The van der Waals surface area contributed by atoms with Crippen LogP contribution in [0.4, 0.5) is 0 Å². The number of nitrogens with zero attached hydrogens (tertiary/aromatic N) is 1. The Morgan fingerprint density at radius 2 is 1.94 bits per heavy atom. The Labute approximate surface area is 112 Å². The second-order valence-corrected chi connectivity index (χ2v) is 4.76. The van der Waals surface area contributed by atoms with E-state index in [1.54, 1.807) is 6.07 Å². The van der Waals surface area contributed by atoms with E-state index >= 15 is 0 Å². The predicted molar refractivity (Wildman–Crippen MR) is 72.5 cm³/mol. The molecule has 0 aliphatic heterocycles. The van der Waals surface area contributed by atoms with Gasteiger partial charge in [-0.15, -0.1) is 0 Å². The highest BCUT2D eigenvalue weighted by Crippen LogP contribution is 2.28. The predicted octanol–water partition coefficient (Wildman–Crippen LogP) is 4.07. The van der Waals surface area contributed by atoms with Crippen molar-refractivity contribution in [3.05, 3.63) is 52.5 Å². The zero-order chi connectivity index (χ0) is 12.5. The van der Waals surface area contributed by atoms with Crippen molar-refractivity contribution in [3.63, 3.8) is 0 Å². The van der Waals surface area contributed by atoms with Crippen LogP contribution in [0.25, 0.3) is 22.6 Å². The summed E-state index contributed by atoms with van der Waals surface area (Å²) in [7, 11) is 0. The van der Waals surface area contributed by atoms with Gasteiger partial charge in [0.1, 0.15) is 5.52 Å². The molecule has 88 valence electrons. The number of hydrogen-bond donors (Lipinski definition) is 0. The minimum Gasteiger partial charge on any atom is -0.436 e. The molecule has 0 aliphatic carbocycles. The first-order valence-electron chi connectivity index (χ1n) is 5.38. The number of aldehydes is 1. The zero-order valence-corrected chi connectivity index (χ0v) is 10.8. The smallest absolute Gasteiger partial charge is 0.227 e. The molecule has 0 atom stereocenters. The molecule has 18 heavy (non-hydrogen) atoms. The number of halogens is 1. The highest BCUT2D eigenvalue weighted by molar-refractivity contribution is 9.10. The quantitative estimate of drug-likeness (QED) is 0.670. The molecule has 3 aromatic rings. The maximum atomic E-state index is 11.0. The van der Waals surface area contributed by atoms with E-state index in [4.69, 9.17) is 4.42 Å². The Morgan fingerprint density at radius 1 is 1.17 bits per heavy atom. The first-order chi connectivity index (χ1) is 8.78. The molecule has 2 aromatic carbocycles. The third-order valence-electron chi connectivity index (χ3n) is 2.64.